The number of nitrogens with one attached hydrogen (secondary N) is 2. The van der Waals surface area contributed by atoms with Gasteiger partial charge in [-0.1, -0.05) is 42.5 Å². The Balaban J connectivity index is 1.13. The Morgan fingerprint density at radius 1 is 1.09 bits per heavy atom. The zero-order chi connectivity index (χ0) is 22.7. The van der Waals surface area contributed by atoms with E-state index in [1.165, 1.54) is 29.5 Å². The van der Waals surface area contributed by atoms with Crippen LogP contribution in [0.15, 0.2) is 53.5 Å². The van der Waals surface area contributed by atoms with Gasteiger partial charge in [-0.15, -0.1) is 0 Å². The van der Waals surface area contributed by atoms with Crippen LogP contribution in [-0.4, -0.2) is 36.0 Å². The van der Waals surface area contributed by atoms with Crippen LogP contribution in [0.5, 0.6) is 5.75 Å². The smallest absolute Gasteiger partial charge is 0.223 e. The first-order valence-electron chi connectivity index (χ1n) is 12.3. The Morgan fingerprint density at radius 3 is 2.52 bits per heavy atom. The van der Waals surface area contributed by atoms with Crippen LogP contribution in [-0.2, 0) is 17.9 Å². The molecule has 1 unspecified atom stereocenters. The molecule has 174 valence electrons. The highest BCUT2D eigenvalue weighted by Gasteiger charge is 2.43. The Hall–Kier alpha value is -3.02. The van der Waals surface area contributed by atoms with Gasteiger partial charge in [0.05, 0.1) is 6.04 Å². The van der Waals surface area contributed by atoms with Crippen molar-refractivity contribution in [2.75, 3.05) is 13.6 Å². The Kier molecular flexibility index (Phi) is 6.25. The molecule has 0 bridgehead atoms. The Bertz CT molecular complexity index is 1000. The number of para-hydroxylation sites is 1. The van der Waals surface area contributed by atoms with E-state index in [-0.39, 0.29) is 17.6 Å². The monoisotopic (exact) mass is 446 g/mol. The van der Waals surface area contributed by atoms with Crippen LogP contribution in [0, 0.1) is 0 Å². The number of aliphatic imine (C=N–C) groups is 1. The second-order valence-corrected chi connectivity index (χ2v) is 9.55. The quantitative estimate of drug-likeness (QED) is 0.408. The van der Waals surface area contributed by atoms with Crippen LogP contribution in [0.3, 0.4) is 0 Å². The molecular weight excluding hydrogens is 412 g/mol. The molecule has 1 spiro atoms. The number of fused-ring (bicyclic) bond motifs is 2. The highest BCUT2D eigenvalue weighted by Crippen LogP contribution is 2.46. The SMILES string of the molecule is CN=C(NCCCC(=O)N1Cc2ccccc2C1)NC1CC2(CCCC2)Oc2ccccc21. The lowest BCUT2D eigenvalue weighted by Gasteiger charge is -2.40. The highest BCUT2D eigenvalue weighted by molar-refractivity contribution is 5.80. The Labute approximate surface area is 196 Å². The number of carbonyl (C=O) groups excluding carboxylic acids is 1. The molecule has 5 rings (SSSR count). The van der Waals surface area contributed by atoms with E-state index in [1.807, 2.05) is 23.1 Å². The average molecular weight is 447 g/mol. The molecule has 2 aliphatic heterocycles. The molecule has 2 aromatic rings. The summed E-state index contributed by atoms with van der Waals surface area (Å²) in [5.74, 6) is 2.00. The van der Waals surface area contributed by atoms with E-state index < -0.39 is 0 Å². The number of hydrogen-bond donors (Lipinski definition) is 2. The lowest BCUT2D eigenvalue weighted by Crippen LogP contribution is -2.46. The fourth-order valence-corrected chi connectivity index (χ4v) is 5.55. The molecule has 6 nitrogen and oxygen atoms in total. The lowest BCUT2D eigenvalue weighted by molar-refractivity contribution is -0.131. The maximum Gasteiger partial charge on any atom is 0.223 e. The predicted octanol–water partition coefficient (Wildman–Crippen LogP) is 4.31. The third kappa shape index (κ3) is 4.70. The first-order chi connectivity index (χ1) is 16.2. The van der Waals surface area contributed by atoms with Crippen LogP contribution in [0.25, 0.3) is 0 Å². The van der Waals surface area contributed by atoms with Crippen molar-refractivity contribution >= 4 is 11.9 Å². The van der Waals surface area contributed by atoms with Crippen molar-refractivity contribution < 1.29 is 9.53 Å². The van der Waals surface area contributed by atoms with Gasteiger partial charge in [-0.05, 0) is 49.3 Å². The normalized spacial score (nSPS) is 20.8. The summed E-state index contributed by atoms with van der Waals surface area (Å²) in [5.41, 5.74) is 3.68. The van der Waals surface area contributed by atoms with Crippen LogP contribution in [0.1, 0.15) is 67.7 Å². The molecule has 2 heterocycles. The molecule has 6 heteroatoms. The second kappa shape index (κ2) is 9.46. The average Bonchev–Trinajstić information content (AvgIpc) is 3.47. The van der Waals surface area contributed by atoms with Crippen LogP contribution < -0.4 is 15.4 Å². The summed E-state index contributed by atoms with van der Waals surface area (Å²) in [4.78, 5) is 19.1. The largest absolute Gasteiger partial charge is 0.487 e. The zero-order valence-corrected chi connectivity index (χ0v) is 19.5. The van der Waals surface area contributed by atoms with E-state index in [2.05, 4.69) is 46.0 Å². The minimum atomic E-state index is -0.0510. The van der Waals surface area contributed by atoms with Gasteiger partial charge in [-0.25, -0.2) is 0 Å². The molecule has 1 saturated carbocycles. The summed E-state index contributed by atoms with van der Waals surface area (Å²) in [6.45, 7) is 2.18. The van der Waals surface area contributed by atoms with Gasteiger partial charge >= 0.3 is 0 Å². The molecule has 1 aliphatic carbocycles. The molecule has 0 radical (unpaired) electrons. The fourth-order valence-electron chi connectivity index (χ4n) is 5.55. The van der Waals surface area contributed by atoms with E-state index >= 15 is 0 Å². The van der Waals surface area contributed by atoms with Gasteiger partial charge in [0.2, 0.25) is 5.91 Å². The highest BCUT2D eigenvalue weighted by atomic mass is 16.5. The number of carbonyl (C=O) groups is 1. The van der Waals surface area contributed by atoms with Crippen molar-refractivity contribution in [1.82, 2.24) is 15.5 Å². The molecule has 3 aliphatic rings. The summed E-state index contributed by atoms with van der Waals surface area (Å²) < 4.78 is 6.48. The van der Waals surface area contributed by atoms with Crippen molar-refractivity contribution in [2.45, 2.75) is 69.7 Å². The third-order valence-electron chi connectivity index (χ3n) is 7.30. The molecule has 0 saturated heterocycles. The molecule has 2 aromatic carbocycles. The van der Waals surface area contributed by atoms with Crippen molar-refractivity contribution in [3.05, 3.63) is 65.2 Å². The summed E-state index contributed by atoms with van der Waals surface area (Å²) in [6, 6.07) is 16.8. The lowest BCUT2D eigenvalue weighted by atomic mass is 9.86. The molecule has 2 N–H and O–H groups in total. The number of benzene rings is 2. The van der Waals surface area contributed by atoms with Crippen molar-refractivity contribution in [1.29, 1.82) is 0 Å². The van der Waals surface area contributed by atoms with E-state index in [4.69, 9.17) is 4.74 Å². The van der Waals surface area contributed by atoms with E-state index in [0.717, 1.165) is 50.5 Å². The molecule has 33 heavy (non-hydrogen) atoms. The first kappa shape index (κ1) is 21.8. The van der Waals surface area contributed by atoms with Crippen LogP contribution in [0.2, 0.25) is 0 Å². The first-order valence-corrected chi connectivity index (χ1v) is 12.3. The van der Waals surface area contributed by atoms with E-state index in [0.29, 0.717) is 13.0 Å². The van der Waals surface area contributed by atoms with Gasteiger partial charge in [-0.3, -0.25) is 9.79 Å². The summed E-state index contributed by atoms with van der Waals surface area (Å²) in [5, 5.41) is 7.05. The van der Waals surface area contributed by atoms with Gasteiger partial charge in [0, 0.05) is 45.1 Å². The maximum absolute atomic E-state index is 12.7. The van der Waals surface area contributed by atoms with Crippen LogP contribution >= 0.6 is 0 Å². The number of rotatable bonds is 5. The fraction of sp³-hybridized carbons (Fsp3) is 0.481. The topological polar surface area (TPSA) is 66.0 Å². The molecule has 1 atom stereocenters. The minimum absolute atomic E-state index is 0.0510. The number of amides is 1. The van der Waals surface area contributed by atoms with Gasteiger partial charge in [0.15, 0.2) is 5.96 Å². The standard InChI is InChI=1S/C27H34N4O2/c1-28-26(29-16-8-13-25(32)31-18-20-9-2-3-10-21(20)19-31)30-23-17-27(14-6-7-15-27)33-24-12-5-4-11-22(23)24/h2-5,9-12,23H,6-8,13-19H2,1H3,(H2,28,29,30). The van der Waals surface area contributed by atoms with Gasteiger partial charge in [-0.2, -0.15) is 0 Å². The third-order valence-corrected chi connectivity index (χ3v) is 7.30. The number of guanidine groups is 1. The number of hydrogen-bond acceptors (Lipinski definition) is 3. The van der Waals surface area contributed by atoms with Crippen molar-refractivity contribution in [3.8, 4) is 5.75 Å². The maximum atomic E-state index is 12.7. The Morgan fingerprint density at radius 2 is 1.79 bits per heavy atom. The van der Waals surface area contributed by atoms with Gasteiger partial charge in [0.1, 0.15) is 11.4 Å². The summed E-state index contributed by atoms with van der Waals surface area (Å²) in [7, 11) is 1.80. The van der Waals surface area contributed by atoms with Gasteiger partial charge in [0.25, 0.3) is 0 Å². The van der Waals surface area contributed by atoms with Crippen LogP contribution in [0.4, 0.5) is 0 Å². The summed E-state index contributed by atoms with van der Waals surface area (Å²) >= 11 is 0. The predicted molar refractivity (Wildman–Crippen MR) is 130 cm³/mol. The zero-order valence-electron chi connectivity index (χ0n) is 19.5. The number of nitrogens with zero attached hydrogens (tertiary/aromatic N) is 2. The summed E-state index contributed by atoms with van der Waals surface area (Å²) in [6.07, 6.45) is 6.98. The minimum Gasteiger partial charge on any atom is -0.487 e. The molecule has 0 aromatic heterocycles. The molecule has 1 amide bonds. The van der Waals surface area contributed by atoms with E-state index in [1.54, 1.807) is 7.05 Å². The van der Waals surface area contributed by atoms with E-state index in [9.17, 15) is 4.79 Å². The number of ether oxygens (including phenoxy) is 1. The van der Waals surface area contributed by atoms with Gasteiger partial charge < -0.3 is 20.3 Å². The molecular formula is C27H34N4O2. The second-order valence-electron chi connectivity index (χ2n) is 9.55. The van der Waals surface area contributed by atoms with Crippen molar-refractivity contribution in [3.63, 3.8) is 0 Å². The van der Waals surface area contributed by atoms with Crippen molar-refractivity contribution in [2.24, 2.45) is 4.99 Å². The molecule has 1 fully saturated rings.